The average Bonchev–Trinajstić information content (AvgIpc) is 2.27. The summed E-state index contributed by atoms with van der Waals surface area (Å²) >= 11 is 0. The van der Waals surface area contributed by atoms with Gasteiger partial charge in [-0.2, -0.15) is 0 Å². The normalized spacial score (nSPS) is 3.64. The monoisotopic (exact) mass is 202 g/mol. The summed E-state index contributed by atoms with van der Waals surface area (Å²) < 4.78 is 0. The molecule has 0 aliphatic heterocycles. The molecule has 0 bridgehead atoms. The lowest BCUT2D eigenvalue weighted by Gasteiger charge is -1.44. The van der Waals surface area contributed by atoms with Gasteiger partial charge in [-0.1, -0.05) is 80.4 Å². The number of hydrogen-bond donors (Lipinski definition) is 0. The molecule has 14 heavy (non-hydrogen) atoms. The van der Waals surface area contributed by atoms with Crippen LogP contribution in [0.5, 0.6) is 0 Å². The van der Waals surface area contributed by atoms with Crippen LogP contribution in [0.4, 0.5) is 0 Å². The first kappa shape index (κ1) is 37.9. The fraction of sp³-hybridized carbons (Fsp3) is 0.571. The van der Waals surface area contributed by atoms with Crippen LogP contribution in [-0.4, -0.2) is 0 Å². The van der Waals surface area contributed by atoms with E-state index in [1.807, 2.05) is 48.5 Å². The summed E-state index contributed by atoms with van der Waals surface area (Å²) in [6.45, 7) is 24.0. The molecule has 90 valence electrons. The van der Waals surface area contributed by atoms with Crippen LogP contribution in [0.25, 0.3) is 0 Å². The molecule has 0 atom stereocenters. The molecule has 0 aromatic carbocycles. The van der Waals surface area contributed by atoms with E-state index in [9.17, 15) is 0 Å². The van der Waals surface area contributed by atoms with Gasteiger partial charge in [-0.05, 0) is 6.92 Å². The van der Waals surface area contributed by atoms with Crippen LogP contribution in [0.3, 0.4) is 0 Å². The minimum absolute atomic E-state index is 0. The van der Waals surface area contributed by atoms with Gasteiger partial charge in [0.1, 0.15) is 0 Å². The van der Waals surface area contributed by atoms with Crippen LogP contribution in [0.1, 0.15) is 55.9 Å². The van der Waals surface area contributed by atoms with Gasteiger partial charge in [-0.3, -0.25) is 0 Å². The van der Waals surface area contributed by atoms with Gasteiger partial charge >= 0.3 is 0 Å². The molecule has 0 aliphatic carbocycles. The van der Waals surface area contributed by atoms with Crippen molar-refractivity contribution in [3.8, 4) is 0 Å². The zero-order valence-corrected chi connectivity index (χ0v) is 10.9. The molecule has 0 heterocycles. The van der Waals surface area contributed by atoms with Crippen LogP contribution >= 0.6 is 0 Å². The van der Waals surface area contributed by atoms with Gasteiger partial charge in [0.25, 0.3) is 0 Å². The maximum absolute atomic E-state index is 3.36. The number of hydrogen-bond acceptors (Lipinski definition) is 0. The second kappa shape index (κ2) is 312. The molecular formula is C14H34. The third kappa shape index (κ3) is 24200. The third-order valence-corrected chi connectivity index (χ3v) is 0.167. The van der Waals surface area contributed by atoms with E-state index in [-0.39, 0.29) is 7.43 Å². The Balaban J connectivity index is -0.0000000146. The maximum Gasteiger partial charge on any atom is -0.0473 e. The minimum Gasteiger partial charge on any atom is -0.103 e. The van der Waals surface area contributed by atoms with E-state index in [4.69, 9.17) is 0 Å². The van der Waals surface area contributed by atoms with E-state index >= 15 is 0 Å². The second-order valence-corrected chi connectivity index (χ2v) is 0.880. The van der Waals surface area contributed by atoms with Crippen molar-refractivity contribution in [2.24, 2.45) is 0 Å². The summed E-state index contributed by atoms with van der Waals surface area (Å²) in [6, 6.07) is 0. The van der Waals surface area contributed by atoms with Crippen molar-refractivity contribution in [2.75, 3.05) is 0 Å². The highest BCUT2D eigenvalue weighted by atomic mass is 13.4. The fourth-order valence-corrected chi connectivity index (χ4v) is 0. The van der Waals surface area contributed by atoms with Gasteiger partial charge < -0.3 is 0 Å². The van der Waals surface area contributed by atoms with Crippen molar-refractivity contribution < 1.29 is 0 Å². The summed E-state index contributed by atoms with van der Waals surface area (Å²) in [5, 5.41) is 0. The van der Waals surface area contributed by atoms with Gasteiger partial charge in [0, 0.05) is 0 Å². The Morgan fingerprint density at radius 2 is 0.714 bits per heavy atom. The number of rotatable bonds is 1. The third-order valence-electron chi connectivity index (χ3n) is 0.167. The molecule has 0 rings (SSSR count). The van der Waals surface area contributed by atoms with Crippen molar-refractivity contribution in [3.63, 3.8) is 0 Å². The summed E-state index contributed by atoms with van der Waals surface area (Å²) in [5.74, 6) is 0. The Morgan fingerprint density at radius 3 is 0.714 bits per heavy atom. The van der Waals surface area contributed by atoms with Crippen LogP contribution in [-0.2, 0) is 0 Å². The molecule has 0 aromatic heterocycles. The van der Waals surface area contributed by atoms with Crippen LogP contribution < -0.4 is 0 Å². The Labute approximate surface area is 94.4 Å². The van der Waals surface area contributed by atoms with Crippen LogP contribution in [0.15, 0.2) is 38.0 Å². The van der Waals surface area contributed by atoms with Gasteiger partial charge in [0.2, 0.25) is 0 Å². The molecule has 0 aromatic rings. The molecule has 0 heteroatoms. The zero-order valence-electron chi connectivity index (χ0n) is 10.9. The lowest BCUT2D eigenvalue weighted by Crippen LogP contribution is -1.21. The van der Waals surface area contributed by atoms with E-state index in [2.05, 4.69) is 19.7 Å². The maximum atomic E-state index is 3.36. The highest BCUT2D eigenvalue weighted by molar-refractivity contribution is 4.88. The Hall–Kier alpha value is -0.780. The largest absolute Gasteiger partial charge is 0.103 e. The SMILES string of the molecule is C.C=CC.C=CC=C.CC.CC.CC. The molecule has 0 spiro atoms. The van der Waals surface area contributed by atoms with Crippen LogP contribution in [0, 0.1) is 0 Å². The lowest BCUT2D eigenvalue weighted by molar-refractivity contribution is 1.50. The molecule has 0 radical (unpaired) electrons. The van der Waals surface area contributed by atoms with E-state index in [1.165, 1.54) is 0 Å². The summed E-state index contributed by atoms with van der Waals surface area (Å²) in [5.41, 5.74) is 0. The first-order valence-corrected chi connectivity index (χ1v) is 5.14. The lowest BCUT2D eigenvalue weighted by atomic mass is 10.6. The molecule has 0 aliphatic rings. The quantitative estimate of drug-likeness (QED) is 0.347. The molecule has 0 amide bonds. The predicted molar refractivity (Wildman–Crippen MR) is 77.0 cm³/mol. The van der Waals surface area contributed by atoms with Crippen LogP contribution in [0.2, 0.25) is 0 Å². The van der Waals surface area contributed by atoms with E-state index in [1.54, 1.807) is 18.2 Å². The van der Waals surface area contributed by atoms with E-state index in [0.29, 0.717) is 0 Å². The summed E-state index contributed by atoms with van der Waals surface area (Å²) in [4.78, 5) is 0. The fourth-order valence-electron chi connectivity index (χ4n) is 0. The van der Waals surface area contributed by atoms with E-state index < -0.39 is 0 Å². The predicted octanol–water partition coefficient (Wildman–Crippen LogP) is 6.27. The summed E-state index contributed by atoms with van der Waals surface area (Å²) in [7, 11) is 0. The number of allylic oxidation sites excluding steroid dienone is 3. The zero-order chi connectivity index (χ0) is 12.1. The van der Waals surface area contributed by atoms with Crippen molar-refractivity contribution in [1.82, 2.24) is 0 Å². The Kier molecular flexibility index (Phi) is 844. The summed E-state index contributed by atoms with van der Waals surface area (Å²) in [6.07, 6.45) is 5.03. The molecule has 0 N–H and O–H groups in total. The smallest absolute Gasteiger partial charge is 0.0473 e. The topological polar surface area (TPSA) is 0 Å². The Bertz CT molecular complexity index is 45.1. The second-order valence-electron chi connectivity index (χ2n) is 0.880. The first-order valence-electron chi connectivity index (χ1n) is 5.14. The highest BCUT2D eigenvalue weighted by Crippen LogP contribution is 1.52. The van der Waals surface area contributed by atoms with Gasteiger partial charge in [-0.15, -0.1) is 6.58 Å². The van der Waals surface area contributed by atoms with Gasteiger partial charge in [-0.25, -0.2) is 0 Å². The average molecular weight is 202 g/mol. The first-order chi connectivity index (χ1) is 6.33. The molecule has 0 saturated carbocycles. The Morgan fingerprint density at radius 1 is 0.643 bits per heavy atom. The van der Waals surface area contributed by atoms with E-state index in [0.717, 1.165) is 0 Å². The highest BCUT2D eigenvalue weighted by Gasteiger charge is 1.29. The minimum atomic E-state index is 0. The molecule has 0 unspecified atom stereocenters. The molecule has 0 saturated heterocycles. The van der Waals surface area contributed by atoms with Crippen molar-refractivity contribution in [3.05, 3.63) is 38.0 Å². The molecule has 0 fully saturated rings. The van der Waals surface area contributed by atoms with Crippen molar-refractivity contribution >= 4 is 0 Å². The van der Waals surface area contributed by atoms with Gasteiger partial charge in [0.05, 0.1) is 0 Å². The van der Waals surface area contributed by atoms with Gasteiger partial charge in [0.15, 0.2) is 0 Å². The standard InChI is InChI=1S/C4H6.C3H6.3C2H6.CH4/c1-3-4-2;1-3-2;3*1-2;/h3-4H,1-2H2;3H,1H2,2H3;3*1-2H3;1H4. The molecular weight excluding hydrogens is 168 g/mol. The van der Waals surface area contributed by atoms with Crippen molar-refractivity contribution in [1.29, 1.82) is 0 Å². The van der Waals surface area contributed by atoms with Crippen molar-refractivity contribution in [2.45, 2.75) is 55.9 Å². The molecule has 0 nitrogen and oxygen atoms in total.